The number of hydrogen-bond donors (Lipinski definition) is 2. The Morgan fingerprint density at radius 1 is 1.34 bits per heavy atom. The number of benzene rings is 1. The first-order valence-electron chi connectivity index (χ1n) is 11.5. The smallest absolute Gasteiger partial charge is 0.223 e. The number of amides is 1. The molecular weight excluding hydrogens is 424 g/mol. The second-order valence-electron chi connectivity index (χ2n) is 8.77. The Hall–Kier alpha value is -2.59. The number of carbonyl (C=O) groups excluding carboxylic acids is 1. The highest BCUT2D eigenvalue weighted by molar-refractivity contribution is 6.30. The molecule has 2 N–H and O–H groups in total. The number of nitrogens with one attached hydrogen (secondary N) is 2. The van der Waals surface area contributed by atoms with Crippen LogP contribution in [-0.4, -0.2) is 59.1 Å². The van der Waals surface area contributed by atoms with Gasteiger partial charge in [0, 0.05) is 31.1 Å². The van der Waals surface area contributed by atoms with E-state index in [-0.39, 0.29) is 11.9 Å². The Morgan fingerprint density at radius 2 is 2.03 bits per heavy atom. The second kappa shape index (κ2) is 11.3. The third kappa shape index (κ3) is 6.01. The van der Waals surface area contributed by atoms with E-state index in [4.69, 9.17) is 22.0 Å². The summed E-state index contributed by atoms with van der Waals surface area (Å²) < 4.78 is 0. The van der Waals surface area contributed by atoms with Crippen LogP contribution in [0.15, 0.2) is 29.3 Å². The minimum Gasteiger partial charge on any atom is -0.340 e. The molecule has 32 heavy (non-hydrogen) atoms. The van der Waals surface area contributed by atoms with E-state index in [1.807, 2.05) is 30.1 Å². The van der Waals surface area contributed by atoms with Crippen molar-refractivity contribution in [2.45, 2.75) is 64.5 Å². The number of nitriles is 1. The Morgan fingerprint density at radius 3 is 2.59 bits per heavy atom. The lowest BCUT2D eigenvalue weighted by atomic mass is 9.88. The van der Waals surface area contributed by atoms with Crippen LogP contribution in [0.3, 0.4) is 0 Å². The summed E-state index contributed by atoms with van der Waals surface area (Å²) in [6.07, 6.45) is 7.66. The lowest BCUT2D eigenvalue weighted by molar-refractivity contribution is -0.128. The fraction of sp³-hybridized carbons (Fsp3) is 0.583. The van der Waals surface area contributed by atoms with Crippen LogP contribution < -0.4 is 5.32 Å². The Bertz CT molecular complexity index is 869. The van der Waals surface area contributed by atoms with Gasteiger partial charge in [-0.15, -0.1) is 0 Å². The number of likely N-dealkylation sites (tertiary alicyclic amines) is 1. The molecule has 0 spiro atoms. The van der Waals surface area contributed by atoms with Gasteiger partial charge in [0.05, 0.1) is 17.8 Å². The quantitative estimate of drug-likeness (QED) is 0.280. The van der Waals surface area contributed by atoms with Crippen molar-refractivity contribution >= 4 is 29.2 Å². The van der Waals surface area contributed by atoms with Crippen molar-refractivity contribution in [3.8, 4) is 6.19 Å². The van der Waals surface area contributed by atoms with Crippen molar-refractivity contribution in [3.63, 3.8) is 0 Å². The number of guanidine groups is 1. The van der Waals surface area contributed by atoms with Crippen molar-refractivity contribution in [2.75, 3.05) is 19.6 Å². The van der Waals surface area contributed by atoms with E-state index >= 15 is 0 Å². The number of halogens is 1. The summed E-state index contributed by atoms with van der Waals surface area (Å²) in [4.78, 5) is 21.3. The largest absolute Gasteiger partial charge is 0.340 e. The number of nitrogens with zero attached hydrogens (tertiary/aromatic N) is 4. The van der Waals surface area contributed by atoms with Crippen LogP contribution in [0.5, 0.6) is 0 Å². The van der Waals surface area contributed by atoms with Crippen molar-refractivity contribution in [1.29, 1.82) is 10.7 Å². The highest BCUT2D eigenvalue weighted by atomic mass is 35.5. The van der Waals surface area contributed by atoms with Gasteiger partial charge in [0.15, 0.2) is 6.19 Å². The highest BCUT2D eigenvalue weighted by Gasteiger charge is 2.33. The molecule has 1 aromatic rings. The van der Waals surface area contributed by atoms with Crippen molar-refractivity contribution in [2.24, 2.45) is 10.9 Å². The molecule has 172 valence electrons. The van der Waals surface area contributed by atoms with Gasteiger partial charge < -0.3 is 15.2 Å². The summed E-state index contributed by atoms with van der Waals surface area (Å²) in [5.74, 6) is 1.33. The van der Waals surface area contributed by atoms with Gasteiger partial charge in [0.1, 0.15) is 0 Å². The maximum Gasteiger partial charge on any atom is 0.223 e. The first kappa shape index (κ1) is 24.1. The summed E-state index contributed by atoms with van der Waals surface area (Å²) in [7, 11) is 0. The fourth-order valence-corrected chi connectivity index (χ4v) is 4.65. The topological polar surface area (TPSA) is 95.6 Å². The summed E-state index contributed by atoms with van der Waals surface area (Å²) in [5, 5.41) is 21.7. The van der Waals surface area contributed by atoms with Crippen LogP contribution in [0, 0.1) is 22.8 Å². The van der Waals surface area contributed by atoms with Gasteiger partial charge in [0.2, 0.25) is 11.9 Å². The van der Waals surface area contributed by atoms with Crippen LogP contribution in [0.25, 0.3) is 0 Å². The van der Waals surface area contributed by atoms with E-state index in [1.165, 1.54) is 0 Å². The minimum atomic E-state index is -0.428. The zero-order valence-electron chi connectivity index (χ0n) is 19.0. The molecule has 0 aromatic heterocycles. The van der Waals surface area contributed by atoms with Gasteiger partial charge in [0.25, 0.3) is 0 Å². The molecule has 1 aromatic carbocycles. The van der Waals surface area contributed by atoms with Crippen LogP contribution in [0.4, 0.5) is 0 Å². The molecular formula is C24H33ClN6O. The molecule has 1 saturated carbocycles. The predicted molar refractivity (Wildman–Crippen MR) is 128 cm³/mol. The first-order chi connectivity index (χ1) is 15.4. The van der Waals surface area contributed by atoms with Crippen LogP contribution in [-0.2, 0) is 4.79 Å². The van der Waals surface area contributed by atoms with Gasteiger partial charge in [-0.2, -0.15) is 5.26 Å². The molecule has 8 heteroatoms. The van der Waals surface area contributed by atoms with Gasteiger partial charge in [-0.1, -0.05) is 30.7 Å². The van der Waals surface area contributed by atoms with Gasteiger partial charge in [-0.3, -0.25) is 10.1 Å². The van der Waals surface area contributed by atoms with Gasteiger partial charge in [-0.05, 0) is 62.6 Å². The lowest BCUT2D eigenvalue weighted by Crippen LogP contribution is -2.52. The Kier molecular flexibility index (Phi) is 8.52. The maximum atomic E-state index is 12.6. The molecule has 1 heterocycles. The molecule has 0 bridgehead atoms. The number of rotatable bonds is 7. The molecule has 2 fully saturated rings. The molecule has 1 unspecified atom stereocenters. The zero-order valence-corrected chi connectivity index (χ0v) is 19.7. The average Bonchev–Trinajstić information content (AvgIpc) is 3.21. The molecule has 3 rings (SSSR count). The number of likely N-dealkylation sites (N-methyl/N-ethyl adjacent to an activating group) is 1. The third-order valence-electron chi connectivity index (χ3n) is 6.51. The molecule has 1 amide bonds. The predicted octanol–water partition coefficient (Wildman–Crippen LogP) is 4.03. The molecule has 1 aliphatic heterocycles. The molecule has 7 nitrogen and oxygen atoms in total. The van der Waals surface area contributed by atoms with E-state index in [2.05, 4.69) is 12.2 Å². The van der Waals surface area contributed by atoms with Crippen LogP contribution >= 0.6 is 11.6 Å². The highest BCUT2D eigenvalue weighted by Crippen LogP contribution is 2.26. The van der Waals surface area contributed by atoms with Crippen molar-refractivity contribution < 1.29 is 4.79 Å². The first-order valence-corrected chi connectivity index (χ1v) is 11.9. The fourth-order valence-electron chi connectivity index (χ4n) is 4.53. The molecule has 0 radical (unpaired) electrons. The maximum absolute atomic E-state index is 12.6. The van der Waals surface area contributed by atoms with E-state index in [9.17, 15) is 10.1 Å². The van der Waals surface area contributed by atoms with Crippen LogP contribution in [0.1, 0.15) is 57.9 Å². The van der Waals surface area contributed by atoms with Crippen molar-refractivity contribution in [1.82, 2.24) is 15.1 Å². The standard InChI is InChI=1S/C24H33ClN6O/c1-3-30(24(28-16-26)29-20-12-6-17(2)7-13-20)15-21(31-14-4-5-22(31)32)23(27)18-8-10-19(25)11-9-18/h8-11,17,20-21,27H,3-7,12-15H2,1-2H3,(H,28,29). The van der Waals surface area contributed by atoms with E-state index in [1.54, 1.807) is 17.0 Å². The normalized spacial score (nSPS) is 22.4. The van der Waals surface area contributed by atoms with E-state index in [0.29, 0.717) is 42.7 Å². The van der Waals surface area contributed by atoms with Crippen molar-refractivity contribution in [3.05, 3.63) is 34.9 Å². The molecule has 1 saturated heterocycles. The molecule has 2 aliphatic rings. The second-order valence-corrected chi connectivity index (χ2v) is 9.21. The molecule has 1 atom stereocenters. The lowest BCUT2D eigenvalue weighted by Gasteiger charge is -2.35. The van der Waals surface area contributed by atoms with Crippen LogP contribution in [0.2, 0.25) is 5.02 Å². The minimum absolute atomic E-state index is 0.0674. The number of carbonyl (C=O) groups is 1. The van der Waals surface area contributed by atoms with Gasteiger partial charge in [-0.25, -0.2) is 4.99 Å². The number of aliphatic imine (C=N–C) groups is 1. The monoisotopic (exact) mass is 456 g/mol. The SMILES string of the molecule is CCN(CC(C(=N)c1ccc(Cl)cc1)N1CCCC1=O)C(=NC1CCC(C)CC1)NC#N. The summed E-state index contributed by atoms with van der Waals surface area (Å²) in [5.41, 5.74) is 1.11. The third-order valence-corrected chi connectivity index (χ3v) is 6.76. The zero-order chi connectivity index (χ0) is 23.1. The van der Waals surface area contributed by atoms with Gasteiger partial charge >= 0.3 is 0 Å². The number of hydrogen-bond acceptors (Lipinski definition) is 4. The molecule has 1 aliphatic carbocycles. The van der Waals surface area contributed by atoms with E-state index in [0.717, 1.165) is 43.6 Å². The summed E-state index contributed by atoms with van der Waals surface area (Å²) in [6, 6.07) is 6.93. The Labute approximate surface area is 195 Å². The average molecular weight is 457 g/mol. The summed E-state index contributed by atoms with van der Waals surface area (Å²) >= 11 is 6.03. The van der Waals surface area contributed by atoms with E-state index < -0.39 is 6.04 Å². The summed E-state index contributed by atoms with van der Waals surface area (Å²) in [6.45, 7) is 5.93. The Balaban J connectivity index is 1.85.